The van der Waals surface area contributed by atoms with E-state index in [1.165, 1.54) is 0 Å². The molecule has 0 aliphatic carbocycles. The number of rotatable bonds is 4. The molecule has 0 radical (unpaired) electrons. The normalized spacial score (nSPS) is 11.9. The summed E-state index contributed by atoms with van der Waals surface area (Å²) in [4.78, 5) is 16.4. The van der Waals surface area contributed by atoms with Crippen LogP contribution in [0.15, 0.2) is 54.9 Å². The van der Waals surface area contributed by atoms with Crippen molar-refractivity contribution in [3.63, 3.8) is 0 Å². The van der Waals surface area contributed by atoms with Gasteiger partial charge in [0.2, 0.25) is 0 Å². The highest BCUT2D eigenvalue weighted by Crippen LogP contribution is 2.32. The number of hydrogen-bond acceptors (Lipinski definition) is 5. The van der Waals surface area contributed by atoms with Gasteiger partial charge >= 0.3 is 5.97 Å². The lowest BCUT2D eigenvalue weighted by Gasteiger charge is -2.18. The Morgan fingerprint density at radius 3 is 2.30 bits per heavy atom. The van der Waals surface area contributed by atoms with Crippen LogP contribution in [-0.4, -0.2) is 15.3 Å². The third-order valence-corrected chi connectivity index (χ3v) is 4.74. The van der Waals surface area contributed by atoms with Crippen LogP contribution in [0.25, 0.3) is 0 Å². The summed E-state index contributed by atoms with van der Waals surface area (Å²) in [6, 6.07) is 13.0. The Kier molecular flexibility index (Phi) is 4.91. The van der Waals surface area contributed by atoms with Gasteiger partial charge in [-0.3, -0.25) is 4.98 Å². The number of halogens is 2. The van der Waals surface area contributed by atoms with E-state index in [1.807, 2.05) is 30.3 Å². The monoisotopic (exact) mass is 364 g/mol. The van der Waals surface area contributed by atoms with E-state index < -0.39 is 12.1 Å². The SMILES string of the molecule is O=C(OC(c1ccccc1)c1ccncc1)c1nsc(Cl)c1Cl. The Balaban J connectivity index is 1.94. The van der Waals surface area contributed by atoms with E-state index in [1.54, 1.807) is 24.5 Å². The van der Waals surface area contributed by atoms with Crippen LogP contribution in [0.3, 0.4) is 0 Å². The van der Waals surface area contributed by atoms with Crippen molar-refractivity contribution in [1.29, 1.82) is 0 Å². The fourth-order valence-corrected chi connectivity index (χ4v) is 3.02. The molecule has 1 atom stereocenters. The molecule has 23 heavy (non-hydrogen) atoms. The van der Waals surface area contributed by atoms with Crippen molar-refractivity contribution in [1.82, 2.24) is 9.36 Å². The first-order valence-corrected chi connectivity index (χ1v) is 8.16. The molecule has 116 valence electrons. The number of carbonyl (C=O) groups is 1. The van der Waals surface area contributed by atoms with E-state index in [9.17, 15) is 4.79 Å². The van der Waals surface area contributed by atoms with Crippen molar-refractivity contribution < 1.29 is 9.53 Å². The molecule has 1 aromatic carbocycles. The fraction of sp³-hybridized carbons (Fsp3) is 0.0625. The zero-order valence-electron chi connectivity index (χ0n) is 11.6. The van der Waals surface area contributed by atoms with Gasteiger partial charge in [0.25, 0.3) is 0 Å². The molecule has 2 heterocycles. The topological polar surface area (TPSA) is 52.1 Å². The molecule has 3 rings (SSSR count). The van der Waals surface area contributed by atoms with Crippen molar-refractivity contribution >= 4 is 40.7 Å². The number of benzene rings is 1. The number of nitrogens with zero attached hydrogens (tertiary/aromatic N) is 2. The summed E-state index contributed by atoms with van der Waals surface area (Å²) in [5.74, 6) is -0.621. The maximum Gasteiger partial charge on any atom is 0.360 e. The zero-order valence-corrected chi connectivity index (χ0v) is 14.0. The van der Waals surface area contributed by atoms with Crippen molar-refractivity contribution in [2.24, 2.45) is 0 Å². The number of carbonyl (C=O) groups excluding carboxylic acids is 1. The number of hydrogen-bond donors (Lipinski definition) is 0. The molecule has 0 spiro atoms. The lowest BCUT2D eigenvalue weighted by Crippen LogP contribution is -2.13. The average Bonchev–Trinajstić information content (AvgIpc) is 2.93. The lowest BCUT2D eigenvalue weighted by atomic mass is 10.0. The number of aromatic nitrogens is 2. The Bertz CT molecular complexity index is 770. The highest BCUT2D eigenvalue weighted by Gasteiger charge is 2.24. The molecule has 0 saturated carbocycles. The second kappa shape index (κ2) is 7.08. The molecule has 0 saturated heterocycles. The van der Waals surface area contributed by atoms with E-state index in [2.05, 4.69) is 9.36 Å². The molecule has 3 aromatic rings. The molecule has 2 aromatic heterocycles. The maximum absolute atomic E-state index is 12.4. The van der Waals surface area contributed by atoms with Gasteiger partial charge in [-0.1, -0.05) is 53.5 Å². The van der Waals surface area contributed by atoms with Crippen LogP contribution in [0.1, 0.15) is 27.7 Å². The van der Waals surface area contributed by atoms with Crippen molar-refractivity contribution in [3.8, 4) is 0 Å². The van der Waals surface area contributed by atoms with Gasteiger partial charge in [-0.25, -0.2) is 4.79 Å². The number of pyridine rings is 1. The van der Waals surface area contributed by atoms with Gasteiger partial charge in [-0.15, -0.1) is 0 Å². The first-order chi connectivity index (χ1) is 11.2. The summed E-state index contributed by atoms with van der Waals surface area (Å²) in [6.45, 7) is 0. The van der Waals surface area contributed by atoms with Crippen LogP contribution in [0.5, 0.6) is 0 Å². The number of esters is 1. The summed E-state index contributed by atoms with van der Waals surface area (Å²) in [6.07, 6.45) is 2.71. The van der Waals surface area contributed by atoms with Crippen LogP contribution in [0.2, 0.25) is 9.36 Å². The Hall–Kier alpha value is -1.95. The molecule has 0 amide bonds. The van der Waals surface area contributed by atoms with Gasteiger partial charge in [-0.05, 0) is 29.2 Å². The smallest absolute Gasteiger partial charge is 0.360 e. The zero-order chi connectivity index (χ0) is 16.2. The molecule has 0 fully saturated rings. The summed E-state index contributed by atoms with van der Waals surface area (Å²) in [5, 5.41) is 0.114. The van der Waals surface area contributed by atoms with Gasteiger partial charge in [0.15, 0.2) is 11.8 Å². The van der Waals surface area contributed by atoms with E-state index in [-0.39, 0.29) is 15.1 Å². The number of ether oxygens (including phenoxy) is 1. The summed E-state index contributed by atoms with van der Waals surface area (Å²) < 4.78 is 9.85. The van der Waals surface area contributed by atoms with Crippen molar-refractivity contribution in [2.45, 2.75) is 6.10 Å². The molecule has 0 N–H and O–H groups in total. The van der Waals surface area contributed by atoms with E-state index >= 15 is 0 Å². The van der Waals surface area contributed by atoms with Gasteiger partial charge in [0.1, 0.15) is 9.36 Å². The molecule has 0 aliphatic rings. The second-order valence-electron chi connectivity index (χ2n) is 4.60. The first kappa shape index (κ1) is 15.9. The third kappa shape index (κ3) is 3.52. The molecule has 0 aliphatic heterocycles. The van der Waals surface area contributed by atoms with Gasteiger partial charge < -0.3 is 4.74 Å². The van der Waals surface area contributed by atoms with Crippen molar-refractivity contribution in [2.75, 3.05) is 0 Å². The molecular formula is C16H10Cl2N2O2S. The first-order valence-electron chi connectivity index (χ1n) is 6.63. The van der Waals surface area contributed by atoms with Crippen molar-refractivity contribution in [3.05, 3.63) is 81.0 Å². The van der Waals surface area contributed by atoms with E-state index in [0.29, 0.717) is 0 Å². The minimum atomic E-state index is -0.621. The predicted octanol–water partition coefficient (Wildman–Crippen LogP) is 4.79. The predicted molar refractivity (Wildman–Crippen MR) is 90.1 cm³/mol. The van der Waals surface area contributed by atoms with Gasteiger partial charge in [0.05, 0.1) is 0 Å². The van der Waals surface area contributed by atoms with Crippen LogP contribution in [-0.2, 0) is 4.74 Å². The fourth-order valence-electron chi connectivity index (χ4n) is 2.04. The molecule has 7 heteroatoms. The van der Waals surface area contributed by atoms with Crippen LogP contribution in [0.4, 0.5) is 0 Å². The van der Waals surface area contributed by atoms with Gasteiger partial charge in [0, 0.05) is 18.0 Å². The average molecular weight is 365 g/mol. The van der Waals surface area contributed by atoms with E-state index in [0.717, 1.165) is 22.7 Å². The lowest BCUT2D eigenvalue weighted by molar-refractivity contribution is 0.0372. The minimum Gasteiger partial charge on any atom is -0.448 e. The maximum atomic E-state index is 12.4. The summed E-state index contributed by atoms with van der Waals surface area (Å²) >= 11 is 12.8. The van der Waals surface area contributed by atoms with Gasteiger partial charge in [-0.2, -0.15) is 4.37 Å². The molecule has 4 nitrogen and oxygen atoms in total. The van der Waals surface area contributed by atoms with Crippen LogP contribution in [0, 0.1) is 0 Å². The Morgan fingerprint density at radius 1 is 1.04 bits per heavy atom. The highest BCUT2D eigenvalue weighted by atomic mass is 35.5. The second-order valence-corrected chi connectivity index (χ2v) is 6.35. The van der Waals surface area contributed by atoms with Crippen LogP contribution < -0.4 is 0 Å². The third-order valence-electron chi connectivity index (χ3n) is 3.13. The molecular weight excluding hydrogens is 355 g/mol. The van der Waals surface area contributed by atoms with Crippen LogP contribution >= 0.6 is 34.7 Å². The molecule has 1 unspecified atom stereocenters. The Labute approximate surface area is 146 Å². The quantitative estimate of drug-likeness (QED) is 0.624. The Morgan fingerprint density at radius 2 is 1.70 bits per heavy atom. The van der Waals surface area contributed by atoms with E-state index in [4.69, 9.17) is 27.9 Å². The highest BCUT2D eigenvalue weighted by molar-refractivity contribution is 7.11. The minimum absolute atomic E-state index is 0.0247. The largest absolute Gasteiger partial charge is 0.448 e. The standard InChI is InChI=1S/C16H10Cl2N2O2S/c17-12-13(20-23-15(12)18)16(21)22-14(10-4-2-1-3-5-10)11-6-8-19-9-7-11/h1-9,14H. The summed E-state index contributed by atoms with van der Waals surface area (Å²) in [7, 11) is 0. The summed E-state index contributed by atoms with van der Waals surface area (Å²) in [5.41, 5.74) is 1.66. The molecule has 0 bridgehead atoms.